The van der Waals surface area contributed by atoms with Crippen LogP contribution in [0.25, 0.3) is 0 Å². The van der Waals surface area contributed by atoms with E-state index < -0.39 is 17.0 Å². The van der Waals surface area contributed by atoms with Crippen molar-refractivity contribution in [2.45, 2.75) is 33.1 Å². The summed E-state index contributed by atoms with van der Waals surface area (Å²) in [5, 5.41) is 26.5. The van der Waals surface area contributed by atoms with E-state index in [1.54, 1.807) is 0 Å². The number of hydrogen-bond donors (Lipinski definition) is 3. The van der Waals surface area contributed by atoms with Gasteiger partial charge in [-0.25, -0.2) is 8.78 Å². The molecular weight excluding hydrogens is 310 g/mol. The molecule has 128 valence electrons. The number of allylic oxidation sites excluding steroid dienone is 2. The van der Waals surface area contributed by atoms with Crippen LogP contribution in [0.1, 0.15) is 38.7 Å². The maximum atomic E-state index is 13.9. The van der Waals surface area contributed by atoms with Gasteiger partial charge in [-0.05, 0) is 54.4 Å². The van der Waals surface area contributed by atoms with Gasteiger partial charge in [0.05, 0.1) is 17.9 Å². The largest absolute Gasteiger partial charge is 0.395 e. The Morgan fingerprint density at radius 1 is 1.33 bits per heavy atom. The molecule has 1 aromatic rings. The van der Waals surface area contributed by atoms with Crippen molar-refractivity contribution in [3.05, 3.63) is 47.0 Å². The lowest BCUT2D eigenvalue weighted by Crippen LogP contribution is -2.54. The number of halogens is 2. The molecule has 2 bridgehead atoms. The number of fused-ring (bicyclic) bond motifs is 3. The molecular formula is C19H22F2N2O. The zero-order valence-electron chi connectivity index (χ0n) is 13.9. The number of benzene rings is 1. The molecule has 3 saturated carbocycles. The lowest BCUT2D eigenvalue weighted by molar-refractivity contribution is 0.0288. The minimum atomic E-state index is -0.777. The molecule has 24 heavy (non-hydrogen) atoms. The Bertz CT molecular complexity index is 733. The van der Waals surface area contributed by atoms with E-state index in [0.717, 1.165) is 31.4 Å². The SMILES string of the molecule is CC1(C)C[C@]2(CO)CC[C@H]1/C(=C/C(=N)c1c(F)cccc1F)C2=N. The number of aliphatic hydroxyl groups is 1. The first-order chi connectivity index (χ1) is 11.2. The highest BCUT2D eigenvalue weighted by Gasteiger charge is 2.55. The average molecular weight is 332 g/mol. The molecule has 4 rings (SSSR count). The quantitative estimate of drug-likeness (QED) is 0.717. The summed E-state index contributed by atoms with van der Waals surface area (Å²) >= 11 is 0. The van der Waals surface area contributed by atoms with Crippen LogP contribution in [0.2, 0.25) is 0 Å². The lowest BCUT2D eigenvalue weighted by atomic mass is 9.48. The van der Waals surface area contributed by atoms with Crippen molar-refractivity contribution in [2.24, 2.45) is 16.7 Å². The summed E-state index contributed by atoms with van der Waals surface area (Å²) in [4.78, 5) is 0. The van der Waals surface area contributed by atoms with Crippen LogP contribution < -0.4 is 0 Å². The molecule has 0 spiro atoms. The van der Waals surface area contributed by atoms with Gasteiger partial charge in [-0.1, -0.05) is 19.9 Å². The van der Waals surface area contributed by atoms with Crippen LogP contribution >= 0.6 is 0 Å². The van der Waals surface area contributed by atoms with Gasteiger partial charge in [0.15, 0.2) is 0 Å². The van der Waals surface area contributed by atoms with E-state index in [2.05, 4.69) is 13.8 Å². The summed E-state index contributed by atoms with van der Waals surface area (Å²) in [5.41, 5.74) is -0.387. The van der Waals surface area contributed by atoms with E-state index in [-0.39, 0.29) is 29.2 Å². The molecule has 0 aliphatic heterocycles. The van der Waals surface area contributed by atoms with E-state index in [0.29, 0.717) is 11.3 Å². The third-order valence-corrected chi connectivity index (χ3v) is 5.68. The smallest absolute Gasteiger partial charge is 0.135 e. The highest BCUT2D eigenvalue weighted by atomic mass is 19.1. The highest BCUT2D eigenvalue weighted by Crippen LogP contribution is 2.58. The fourth-order valence-corrected chi connectivity index (χ4v) is 4.53. The van der Waals surface area contributed by atoms with Gasteiger partial charge in [-0.2, -0.15) is 0 Å². The van der Waals surface area contributed by atoms with E-state index in [1.165, 1.54) is 12.1 Å². The Morgan fingerprint density at radius 2 is 1.96 bits per heavy atom. The summed E-state index contributed by atoms with van der Waals surface area (Å²) < 4.78 is 27.9. The van der Waals surface area contributed by atoms with Gasteiger partial charge in [-0.15, -0.1) is 0 Å². The molecule has 0 unspecified atom stereocenters. The molecule has 3 fully saturated rings. The van der Waals surface area contributed by atoms with Crippen molar-refractivity contribution in [3.8, 4) is 0 Å². The third kappa shape index (κ3) is 2.42. The van der Waals surface area contributed by atoms with Crippen molar-refractivity contribution >= 4 is 11.4 Å². The van der Waals surface area contributed by atoms with E-state index >= 15 is 0 Å². The van der Waals surface area contributed by atoms with Gasteiger partial charge in [0.2, 0.25) is 0 Å². The Balaban J connectivity index is 2.06. The normalized spacial score (nSPS) is 30.0. The molecule has 3 nitrogen and oxygen atoms in total. The standard InChI is InChI=1S/C19H22F2N2O/c1-18(2)9-19(10-24)7-6-12(18)11(17(19)23)8-15(22)16-13(20)4-3-5-14(16)21/h3-5,8,12,22-24H,6-7,9-10H2,1-2H3/b11-8-,22-15?,23-17?/t12-,19-/m0/s1. The first-order valence-electron chi connectivity index (χ1n) is 8.17. The fraction of sp³-hybridized carbons (Fsp3) is 0.474. The van der Waals surface area contributed by atoms with Gasteiger partial charge in [-0.3, -0.25) is 0 Å². The van der Waals surface area contributed by atoms with E-state index in [1.807, 2.05) is 0 Å². The zero-order valence-corrected chi connectivity index (χ0v) is 13.9. The molecule has 5 heteroatoms. The van der Waals surface area contributed by atoms with Crippen molar-refractivity contribution in [1.82, 2.24) is 0 Å². The second-order valence-electron chi connectivity index (χ2n) is 7.68. The molecule has 0 radical (unpaired) electrons. The minimum Gasteiger partial charge on any atom is -0.395 e. The molecule has 0 saturated heterocycles. The summed E-state index contributed by atoms with van der Waals surface area (Å²) in [6, 6.07) is 3.52. The summed E-state index contributed by atoms with van der Waals surface area (Å²) in [5.74, 6) is -1.49. The van der Waals surface area contributed by atoms with Crippen LogP contribution in [-0.4, -0.2) is 23.1 Å². The molecule has 0 heterocycles. The van der Waals surface area contributed by atoms with Crippen LogP contribution in [0.5, 0.6) is 0 Å². The van der Waals surface area contributed by atoms with Crippen molar-refractivity contribution < 1.29 is 13.9 Å². The van der Waals surface area contributed by atoms with Gasteiger partial charge < -0.3 is 15.9 Å². The molecule has 3 N–H and O–H groups in total. The lowest BCUT2D eigenvalue weighted by Gasteiger charge is -2.56. The first-order valence-corrected chi connectivity index (χ1v) is 8.17. The third-order valence-electron chi connectivity index (χ3n) is 5.68. The molecule has 0 amide bonds. The van der Waals surface area contributed by atoms with Gasteiger partial charge in [0.25, 0.3) is 0 Å². The Hall–Kier alpha value is -1.88. The van der Waals surface area contributed by atoms with Crippen LogP contribution in [0.4, 0.5) is 8.78 Å². The Morgan fingerprint density at radius 3 is 2.50 bits per heavy atom. The Kier molecular flexibility index (Phi) is 3.95. The van der Waals surface area contributed by atoms with Gasteiger partial charge >= 0.3 is 0 Å². The molecule has 3 aliphatic rings. The number of hydrogen-bond acceptors (Lipinski definition) is 3. The average Bonchev–Trinajstić information content (AvgIpc) is 2.50. The predicted octanol–water partition coefficient (Wildman–Crippen LogP) is 4.10. The van der Waals surface area contributed by atoms with E-state index in [4.69, 9.17) is 10.8 Å². The molecule has 3 aliphatic carbocycles. The first kappa shape index (κ1) is 17.0. The van der Waals surface area contributed by atoms with Crippen molar-refractivity contribution in [1.29, 1.82) is 10.8 Å². The molecule has 2 atom stereocenters. The fourth-order valence-electron chi connectivity index (χ4n) is 4.53. The van der Waals surface area contributed by atoms with Crippen LogP contribution in [-0.2, 0) is 0 Å². The number of rotatable bonds is 3. The highest BCUT2D eigenvalue weighted by molar-refractivity contribution is 6.14. The topological polar surface area (TPSA) is 67.9 Å². The van der Waals surface area contributed by atoms with Crippen LogP contribution in [0.3, 0.4) is 0 Å². The number of aliphatic hydroxyl groups excluding tert-OH is 1. The predicted molar refractivity (Wildman–Crippen MR) is 89.6 cm³/mol. The van der Waals surface area contributed by atoms with Crippen molar-refractivity contribution in [2.75, 3.05) is 6.61 Å². The number of nitrogens with one attached hydrogen (secondary N) is 2. The summed E-state index contributed by atoms with van der Waals surface area (Å²) in [6.45, 7) is 4.07. The van der Waals surface area contributed by atoms with Crippen LogP contribution in [0.15, 0.2) is 29.8 Å². The Labute approximate surface area is 140 Å². The van der Waals surface area contributed by atoms with Gasteiger partial charge in [0, 0.05) is 11.1 Å². The second-order valence-corrected chi connectivity index (χ2v) is 7.68. The zero-order chi connectivity index (χ0) is 17.7. The maximum Gasteiger partial charge on any atom is 0.135 e. The maximum absolute atomic E-state index is 13.9. The van der Waals surface area contributed by atoms with E-state index in [9.17, 15) is 13.9 Å². The monoisotopic (exact) mass is 332 g/mol. The molecule has 0 aromatic heterocycles. The van der Waals surface area contributed by atoms with Gasteiger partial charge in [0.1, 0.15) is 11.6 Å². The van der Waals surface area contributed by atoms with Crippen LogP contribution in [0, 0.1) is 39.2 Å². The summed E-state index contributed by atoms with van der Waals surface area (Å²) in [7, 11) is 0. The minimum absolute atomic E-state index is 0.0635. The van der Waals surface area contributed by atoms with Crippen molar-refractivity contribution in [3.63, 3.8) is 0 Å². The summed E-state index contributed by atoms with van der Waals surface area (Å²) in [6.07, 6.45) is 3.71. The second kappa shape index (κ2) is 5.59. The molecule has 1 aromatic carbocycles.